The van der Waals surface area contributed by atoms with Crippen LogP contribution in [0, 0.1) is 12.7 Å². The van der Waals surface area contributed by atoms with Gasteiger partial charge in [-0.25, -0.2) is 17.8 Å². The molecule has 0 unspecified atom stereocenters. The summed E-state index contributed by atoms with van der Waals surface area (Å²) >= 11 is 2.43. The van der Waals surface area contributed by atoms with Gasteiger partial charge in [0.15, 0.2) is 5.13 Å². The number of rotatable bonds is 6. The number of hydrogen-bond acceptors (Lipinski definition) is 6. The van der Waals surface area contributed by atoms with Crippen LogP contribution in [0.25, 0.3) is 0 Å². The zero-order chi connectivity index (χ0) is 20.3. The number of benzene rings is 2. The van der Waals surface area contributed by atoms with Gasteiger partial charge in [0.1, 0.15) is 10.7 Å². The molecule has 0 saturated heterocycles. The molecule has 6 nitrogen and oxygen atoms in total. The van der Waals surface area contributed by atoms with Gasteiger partial charge in [0.25, 0.3) is 15.9 Å². The third kappa shape index (κ3) is 4.51. The van der Waals surface area contributed by atoms with Crippen molar-refractivity contribution in [1.29, 1.82) is 0 Å². The molecule has 28 heavy (non-hydrogen) atoms. The van der Waals surface area contributed by atoms with Gasteiger partial charge in [0.05, 0.1) is 16.3 Å². The van der Waals surface area contributed by atoms with Gasteiger partial charge in [-0.2, -0.15) is 0 Å². The molecule has 2 N–H and O–H groups in total. The number of aryl methyl sites for hydroxylation is 1. The Kier molecular flexibility index (Phi) is 6.01. The van der Waals surface area contributed by atoms with E-state index in [-0.39, 0.29) is 15.9 Å². The first kappa shape index (κ1) is 20.3. The van der Waals surface area contributed by atoms with Crippen molar-refractivity contribution >= 4 is 49.8 Å². The molecule has 0 bridgehead atoms. The summed E-state index contributed by atoms with van der Waals surface area (Å²) in [5, 5.41) is 2.88. The number of carbonyl (C=O) groups excluding carboxylic acids is 1. The van der Waals surface area contributed by atoms with Gasteiger partial charge in [-0.3, -0.25) is 9.52 Å². The second kappa shape index (κ2) is 8.29. The zero-order valence-electron chi connectivity index (χ0n) is 14.9. The number of halogens is 1. The number of sulfonamides is 1. The van der Waals surface area contributed by atoms with Gasteiger partial charge in [-0.15, -0.1) is 11.8 Å². The Morgan fingerprint density at radius 3 is 2.50 bits per heavy atom. The summed E-state index contributed by atoms with van der Waals surface area (Å²) in [5.41, 5.74) is 1.07. The van der Waals surface area contributed by atoms with E-state index in [1.54, 1.807) is 13.0 Å². The molecule has 0 radical (unpaired) electrons. The van der Waals surface area contributed by atoms with Crippen LogP contribution in [0.4, 0.5) is 15.2 Å². The fraction of sp³-hybridized carbons (Fsp3) is 0.111. The lowest BCUT2D eigenvalue weighted by Crippen LogP contribution is -2.12. The van der Waals surface area contributed by atoms with E-state index in [0.29, 0.717) is 16.3 Å². The number of thioether (sulfide) groups is 1. The van der Waals surface area contributed by atoms with E-state index in [1.165, 1.54) is 11.8 Å². The van der Waals surface area contributed by atoms with Crippen LogP contribution >= 0.6 is 23.1 Å². The van der Waals surface area contributed by atoms with Crippen LogP contribution in [0.1, 0.15) is 15.4 Å². The molecule has 0 aliphatic carbocycles. The maximum atomic E-state index is 13.0. The summed E-state index contributed by atoms with van der Waals surface area (Å²) in [5.74, 6) is -0.905. The van der Waals surface area contributed by atoms with Crippen molar-refractivity contribution in [3.63, 3.8) is 0 Å². The number of thiazole rings is 1. The van der Waals surface area contributed by atoms with E-state index >= 15 is 0 Å². The van der Waals surface area contributed by atoms with Crippen molar-refractivity contribution in [2.24, 2.45) is 0 Å². The molecular weight excluding hydrogens is 421 g/mol. The molecule has 0 spiro atoms. The highest BCUT2D eigenvalue weighted by Crippen LogP contribution is 2.29. The zero-order valence-corrected chi connectivity index (χ0v) is 17.3. The minimum Gasteiger partial charge on any atom is -0.320 e. The van der Waals surface area contributed by atoms with E-state index in [4.69, 9.17) is 0 Å². The standard InChI is InChI=1S/C18H16FN3O3S3/c1-11-16(17(23)21-14-5-3-4-6-15(14)26-2)27-18(20-11)22-28(24,25)13-9-7-12(19)8-10-13/h3-10H,1-2H3,(H,20,22)(H,21,23). The number of para-hydroxylation sites is 1. The summed E-state index contributed by atoms with van der Waals surface area (Å²) in [6.07, 6.45) is 1.91. The first-order valence-electron chi connectivity index (χ1n) is 8.00. The van der Waals surface area contributed by atoms with Gasteiger partial charge in [-0.05, 0) is 49.6 Å². The maximum absolute atomic E-state index is 13.0. The quantitative estimate of drug-likeness (QED) is 0.559. The summed E-state index contributed by atoms with van der Waals surface area (Å²) in [4.78, 5) is 17.9. The van der Waals surface area contributed by atoms with Crippen molar-refractivity contribution < 1.29 is 17.6 Å². The smallest absolute Gasteiger partial charge is 0.267 e. The van der Waals surface area contributed by atoms with E-state index in [1.807, 2.05) is 24.5 Å². The van der Waals surface area contributed by atoms with Gasteiger partial charge < -0.3 is 5.32 Å². The van der Waals surface area contributed by atoms with Crippen molar-refractivity contribution in [2.75, 3.05) is 16.3 Å². The SMILES string of the molecule is CSc1ccccc1NC(=O)c1sc(NS(=O)(=O)c2ccc(F)cc2)nc1C. The fourth-order valence-corrected chi connectivity index (χ4v) is 5.02. The fourth-order valence-electron chi connectivity index (χ4n) is 2.37. The average Bonchev–Trinajstić information content (AvgIpc) is 3.02. The van der Waals surface area contributed by atoms with Crippen LogP contribution in [0.15, 0.2) is 58.3 Å². The monoisotopic (exact) mass is 437 g/mol. The van der Waals surface area contributed by atoms with Crippen molar-refractivity contribution in [1.82, 2.24) is 4.98 Å². The third-order valence-electron chi connectivity index (χ3n) is 3.70. The molecule has 0 atom stereocenters. The highest BCUT2D eigenvalue weighted by Gasteiger charge is 2.21. The molecule has 0 saturated carbocycles. The van der Waals surface area contributed by atoms with Crippen LogP contribution in [-0.2, 0) is 10.0 Å². The molecule has 10 heteroatoms. The lowest BCUT2D eigenvalue weighted by molar-refractivity contribution is 0.102. The Hall–Kier alpha value is -2.43. The predicted molar refractivity (Wildman–Crippen MR) is 110 cm³/mol. The molecule has 0 aliphatic rings. The molecule has 3 aromatic rings. The Balaban J connectivity index is 1.81. The summed E-state index contributed by atoms with van der Waals surface area (Å²) < 4.78 is 40.2. The largest absolute Gasteiger partial charge is 0.320 e. The summed E-state index contributed by atoms with van der Waals surface area (Å²) in [6, 6.07) is 11.8. The molecule has 1 heterocycles. The highest BCUT2D eigenvalue weighted by molar-refractivity contribution is 7.98. The molecule has 1 aromatic heterocycles. The number of nitrogens with zero attached hydrogens (tertiary/aromatic N) is 1. The van der Waals surface area contributed by atoms with Crippen LogP contribution in [0.2, 0.25) is 0 Å². The third-order valence-corrected chi connectivity index (χ3v) is 7.06. The Morgan fingerprint density at radius 1 is 1.14 bits per heavy atom. The Labute approximate surface area is 170 Å². The van der Waals surface area contributed by atoms with Gasteiger partial charge >= 0.3 is 0 Å². The molecule has 0 aliphatic heterocycles. The summed E-state index contributed by atoms with van der Waals surface area (Å²) in [7, 11) is -3.93. The van der Waals surface area contributed by atoms with E-state index in [2.05, 4.69) is 15.0 Å². The van der Waals surface area contributed by atoms with Crippen molar-refractivity contribution in [3.05, 3.63) is 64.9 Å². The molecule has 0 fully saturated rings. The number of anilines is 2. The first-order valence-corrected chi connectivity index (χ1v) is 11.5. The van der Waals surface area contributed by atoms with E-state index in [0.717, 1.165) is 40.5 Å². The van der Waals surface area contributed by atoms with Crippen LogP contribution < -0.4 is 10.0 Å². The molecule has 2 aromatic carbocycles. The second-order valence-corrected chi connectivity index (χ2v) is 9.18. The first-order chi connectivity index (χ1) is 13.3. The minimum atomic E-state index is -3.93. The second-order valence-electron chi connectivity index (χ2n) is 5.65. The van der Waals surface area contributed by atoms with E-state index in [9.17, 15) is 17.6 Å². The number of amides is 1. The van der Waals surface area contributed by atoms with Crippen LogP contribution in [-0.4, -0.2) is 25.6 Å². The van der Waals surface area contributed by atoms with Gasteiger partial charge in [0.2, 0.25) is 0 Å². The Morgan fingerprint density at radius 2 is 1.82 bits per heavy atom. The lowest BCUT2D eigenvalue weighted by atomic mass is 10.3. The van der Waals surface area contributed by atoms with Crippen LogP contribution in [0.5, 0.6) is 0 Å². The molecule has 3 rings (SSSR count). The van der Waals surface area contributed by atoms with Gasteiger partial charge in [0, 0.05) is 4.90 Å². The number of hydrogen-bond donors (Lipinski definition) is 2. The topological polar surface area (TPSA) is 88.2 Å². The highest BCUT2D eigenvalue weighted by atomic mass is 32.2. The predicted octanol–water partition coefficient (Wildman–Crippen LogP) is 4.37. The van der Waals surface area contributed by atoms with Crippen molar-refractivity contribution in [3.8, 4) is 0 Å². The molecule has 146 valence electrons. The maximum Gasteiger partial charge on any atom is 0.267 e. The number of nitrogens with one attached hydrogen (secondary N) is 2. The normalized spacial score (nSPS) is 11.2. The van der Waals surface area contributed by atoms with Gasteiger partial charge in [-0.1, -0.05) is 23.5 Å². The average molecular weight is 438 g/mol. The summed E-state index contributed by atoms with van der Waals surface area (Å²) in [6.45, 7) is 1.63. The molecular formula is C18H16FN3O3S3. The van der Waals surface area contributed by atoms with Crippen LogP contribution in [0.3, 0.4) is 0 Å². The minimum absolute atomic E-state index is 0.0603. The lowest BCUT2D eigenvalue weighted by Gasteiger charge is -2.08. The number of aromatic nitrogens is 1. The van der Waals surface area contributed by atoms with E-state index < -0.39 is 15.8 Å². The molecule has 1 amide bonds. The number of carbonyl (C=O) groups is 1. The van der Waals surface area contributed by atoms with Crippen molar-refractivity contribution in [2.45, 2.75) is 16.7 Å². The Bertz CT molecular complexity index is 1110.